The molecule has 0 N–H and O–H groups in total. The van der Waals surface area contributed by atoms with Gasteiger partial charge in [0.15, 0.2) is 0 Å². The van der Waals surface area contributed by atoms with Gasteiger partial charge < -0.3 is 4.74 Å². The summed E-state index contributed by atoms with van der Waals surface area (Å²) in [6.07, 6.45) is 1.51. The molecule has 0 aliphatic heterocycles. The summed E-state index contributed by atoms with van der Waals surface area (Å²) in [5.74, 6) is 4.23. The molecule has 3 heteroatoms. The van der Waals surface area contributed by atoms with E-state index in [1.54, 1.807) is 11.9 Å². The van der Waals surface area contributed by atoms with Gasteiger partial charge in [-0.3, -0.25) is 0 Å². The molecule has 2 nitrogen and oxygen atoms in total. The molecule has 0 aromatic carbocycles. The van der Waals surface area contributed by atoms with Crippen LogP contribution in [0.3, 0.4) is 0 Å². The van der Waals surface area contributed by atoms with Crippen LogP contribution < -0.4 is 0 Å². The second-order valence-corrected chi connectivity index (χ2v) is 1.81. The van der Waals surface area contributed by atoms with Gasteiger partial charge >= 0.3 is 5.97 Å². The SMILES string of the molecule is CCOC(=O)C#C/C=C\Br. The maximum absolute atomic E-state index is 10.5. The number of halogens is 1. The largest absolute Gasteiger partial charge is 0.456 e. The van der Waals surface area contributed by atoms with Crippen molar-refractivity contribution in [3.05, 3.63) is 11.1 Å². The lowest BCUT2D eigenvalue weighted by Crippen LogP contribution is -1.98. The van der Waals surface area contributed by atoms with Crippen LogP contribution in [0.4, 0.5) is 0 Å². The Bertz CT molecular complexity index is 186. The van der Waals surface area contributed by atoms with Gasteiger partial charge in [-0.2, -0.15) is 0 Å². The molecule has 0 aromatic heterocycles. The molecule has 0 atom stereocenters. The minimum Gasteiger partial charge on any atom is -0.456 e. The number of carbonyl (C=O) groups excluding carboxylic acids is 1. The van der Waals surface area contributed by atoms with Gasteiger partial charge in [-0.1, -0.05) is 21.9 Å². The highest BCUT2D eigenvalue weighted by atomic mass is 79.9. The second kappa shape index (κ2) is 6.37. The van der Waals surface area contributed by atoms with Gasteiger partial charge in [0.05, 0.1) is 6.61 Å². The summed E-state index contributed by atoms with van der Waals surface area (Å²) in [6.45, 7) is 2.10. The number of hydrogen-bond donors (Lipinski definition) is 0. The van der Waals surface area contributed by atoms with Crippen LogP contribution in [0.5, 0.6) is 0 Å². The predicted octanol–water partition coefficient (Wildman–Crippen LogP) is 1.46. The highest BCUT2D eigenvalue weighted by Gasteiger charge is 1.89. The Morgan fingerprint density at radius 2 is 2.50 bits per heavy atom. The smallest absolute Gasteiger partial charge is 0.384 e. The lowest BCUT2D eigenvalue weighted by molar-refractivity contribution is -0.136. The molecule has 0 bridgehead atoms. The molecule has 0 rings (SSSR count). The Kier molecular flexibility index (Phi) is 5.89. The van der Waals surface area contributed by atoms with E-state index >= 15 is 0 Å². The Morgan fingerprint density at radius 1 is 1.80 bits per heavy atom. The summed E-state index contributed by atoms with van der Waals surface area (Å²) < 4.78 is 4.53. The van der Waals surface area contributed by atoms with Crippen LogP contribution >= 0.6 is 15.9 Å². The standard InChI is InChI=1S/C7H7BrO2/c1-2-10-7(9)5-3-4-6-8/h4,6H,2H2,1H3/b6-4-. The molecule has 0 heterocycles. The molecule has 10 heavy (non-hydrogen) atoms. The first-order valence-corrected chi connectivity index (χ1v) is 3.66. The molecule has 54 valence electrons. The molecule has 0 radical (unpaired) electrons. The highest BCUT2D eigenvalue weighted by molar-refractivity contribution is 9.11. The Labute approximate surface area is 68.4 Å². The third kappa shape index (κ3) is 5.39. The summed E-state index contributed by atoms with van der Waals surface area (Å²) in [5, 5.41) is 0. The zero-order valence-electron chi connectivity index (χ0n) is 5.56. The average Bonchev–Trinajstić information content (AvgIpc) is 1.89. The predicted molar refractivity (Wildman–Crippen MR) is 42.5 cm³/mol. The van der Waals surface area contributed by atoms with Crippen LogP contribution in [0.2, 0.25) is 0 Å². The van der Waals surface area contributed by atoms with Gasteiger partial charge in [-0.25, -0.2) is 4.79 Å². The molecule has 0 saturated heterocycles. The Hall–Kier alpha value is -0.750. The third-order valence-corrected chi connectivity index (χ3v) is 0.860. The van der Waals surface area contributed by atoms with Crippen molar-refractivity contribution in [2.45, 2.75) is 6.92 Å². The van der Waals surface area contributed by atoms with E-state index in [0.717, 1.165) is 0 Å². The van der Waals surface area contributed by atoms with Gasteiger partial charge in [-0.05, 0) is 18.0 Å². The molecular formula is C7H7BrO2. The molecule has 0 unspecified atom stereocenters. The molecule has 0 aromatic rings. The molecule has 0 spiro atoms. The van der Waals surface area contributed by atoms with Gasteiger partial charge in [0, 0.05) is 5.92 Å². The Balaban J connectivity index is 3.69. The molecule has 0 fully saturated rings. The fourth-order valence-corrected chi connectivity index (χ4v) is 0.431. The number of carbonyl (C=O) groups is 1. The van der Waals surface area contributed by atoms with Crippen molar-refractivity contribution in [1.82, 2.24) is 0 Å². The van der Waals surface area contributed by atoms with Crippen molar-refractivity contribution in [3.8, 4) is 11.8 Å². The van der Waals surface area contributed by atoms with Crippen molar-refractivity contribution in [2.24, 2.45) is 0 Å². The maximum atomic E-state index is 10.5. The van der Waals surface area contributed by atoms with Crippen molar-refractivity contribution in [2.75, 3.05) is 6.61 Å². The van der Waals surface area contributed by atoms with Crippen LogP contribution in [0.15, 0.2) is 11.1 Å². The van der Waals surface area contributed by atoms with E-state index in [-0.39, 0.29) is 0 Å². The van der Waals surface area contributed by atoms with E-state index < -0.39 is 5.97 Å². The lowest BCUT2D eigenvalue weighted by atomic mass is 10.5. The zero-order chi connectivity index (χ0) is 7.82. The van der Waals surface area contributed by atoms with Crippen molar-refractivity contribution >= 4 is 21.9 Å². The van der Waals surface area contributed by atoms with E-state index in [2.05, 4.69) is 32.5 Å². The molecular weight excluding hydrogens is 196 g/mol. The first-order chi connectivity index (χ1) is 4.81. The zero-order valence-corrected chi connectivity index (χ0v) is 7.14. The summed E-state index contributed by atoms with van der Waals surface area (Å²) in [7, 11) is 0. The summed E-state index contributed by atoms with van der Waals surface area (Å²) in [4.78, 5) is 12.0. The van der Waals surface area contributed by atoms with E-state index in [1.807, 2.05) is 0 Å². The molecule has 0 saturated carbocycles. The first-order valence-electron chi connectivity index (χ1n) is 2.74. The van der Waals surface area contributed by atoms with Crippen molar-refractivity contribution < 1.29 is 9.53 Å². The topological polar surface area (TPSA) is 26.3 Å². The van der Waals surface area contributed by atoms with E-state index in [4.69, 9.17) is 0 Å². The van der Waals surface area contributed by atoms with E-state index in [1.165, 1.54) is 6.08 Å². The number of ether oxygens (including phenoxy) is 1. The molecule has 0 aliphatic carbocycles. The van der Waals surface area contributed by atoms with Gasteiger partial charge in [-0.15, -0.1) is 0 Å². The Morgan fingerprint density at radius 3 is 3.00 bits per heavy atom. The number of hydrogen-bond acceptors (Lipinski definition) is 2. The summed E-state index contributed by atoms with van der Waals surface area (Å²) >= 11 is 3.00. The fraction of sp³-hybridized carbons (Fsp3) is 0.286. The van der Waals surface area contributed by atoms with E-state index in [0.29, 0.717) is 6.61 Å². The van der Waals surface area contributed by atoms with Gasteiger partial charge in [0.2, 0.25) is 0 Å². The highest BCUT2D eigenvalue weighted by Crippen LogP contribution is 1.79. The van der Waals surface area contributed by atoms with Crippen LogP contribution in [0.1, 0.15) is 6.92 Å². The average molecular weight is 203 g/mol. The lowest BCUT2D eigenvalue weighted by Gasteiger charge is -1.89. The minimum absolute atomic E-state index is 0.367. The van der Waals surface area contributed by atoms with Crippen LogP contribution in [-0.4, -0.2) is 12.6 Å². The minimum atomic E-state index is -0.492. The molecule has 0 aliphatic rings. The van der Waals surface area contributed by atoms with Crippen molar-refractivity contribution in [1.29, 1.82) is 0 Å². The molecule has 0 amide bonds. The van der Waals surface area contributed by atoms with Crippen LogP contribution in [-0.2, 0) is 9.53 Å². The van der Waals surface area contributed by atoms with Crippen LogP contribution in [0.25, 0.3) is 0 Å². The maximum Gasteiger partial charge on any atom is 0.384 e. The quantitative estimate of drug-likeness (QED) is 0.366. The van der Waals surface area contributed by atoms with Crippen LogP contribution in [0, 0.1) is 11.8 Å². The number of esters is 1. The third-order valence-electron chi connectivity index (χ3n) is 0.596. The second-order valence-electron chi connectivity index (χ2n) is 1.28. The van der Waals surface area contributed by atoms with Gasteiger partial charge in [0.25, 0.3) is 0 Å². The summed E-state index contributed by atoms with van der Waals surface area (Å²) in [6, 6.07) is 0. The fourth-order valence-electron chi connectivity index (χ4n) is 0.299. The normalized spacial score (nSPS) is 8.60. The first kappa shape index (κ1) is 9.25. The summed E-state index contributed by atoms with van der Waals surface area (Å²) in [5.41, 5.74) is 0. The van der Waals surface area contributed by atoms with Gasteiger partial charge in [0.1, 0.15) is 0 Å². The number of rotatable bonds is 1. The monoisotopic (exact) mass is 202 g/mol. The van der Waals surface area contributed by atoms with Crippen molar-refractivity contribution in [3.63, 3.8) is 0 Å². The number of allylic oxidation sites excluding steroid dienone is 1. The van der Waals surface area contributed by atoms with E-state index in [9.17, 15) is 4.79 Å².